The molecule has 1 unspecified atom stereocenters. The second-order valence-electron chi connectivity index (χ2n) is 2.12. The maximum atomic E-state index is 10.7. The molecule has 0 aromatic heterocycles. The van der Waals surface area contributed by atoms with E-state index >= 15 is 0 Å². The van der Waals surface area contributed by atoms with E-state index in [9.17, 15) is 4.79 Å². The number of carbonyl (C=O) groups is 1. The zero-order valence-electron chi connectivity index (χ0n) is 7.00. The minimum absolute atomic E-state index is 0.318. The first kappa shape index (κ1) is 10.8. The molecule has 0 bridgehead atoms. The molecule has 0 saturated heterocycles. The van der Waals surface area contributed by atoms with Crippen LogP contribution in [0.1, 0.15) is 13.3 Å². The minimum atomic E-state index is -0.445. The van der Waals surface area contributed by atoms with Gasteiger partial charge in [-0.25, -0.2) is 0 Å². The molecule has 0 spiro atoms. The maximum absolute atomic E-state index is 10.7. The van der Waals surface area contributed by atoms with Crippen molar-refractivity contribution < 1.29 is 9.53 Å². The first-order valence-electron chi connectivity index (χ1n) is 3.63. The zero-order chi connectivity index (χ0) is 8.69. The van der Waals surface area contributed by atoms with E-state index in [1.807, 2.05) is 0 Å². The summed E-state index contributed by atoms with van der Waals surface area (Å²) < 4.78 is 4.47. The predicted octanol–water partition coefficient (Wildman–Crippen LogP) is 0.630. The molecule has 0 aliphatic heterocycles. The summed E-state index contributed by atoms with van der Waals surface area (Å²) in [4.78, 5) is 10.7. The molecule has 0 aromatic rings. The van der Waals surface area contributed by atoms with E-state index in [-0.39, 0.29) is 5.97 Å². The number of carbonyl (C=O) groups excluding carboxylic acids is 1. The number of methoxy groups -OCH3 is 1. The molecule has 11 heavy (non-hydrogen) atoms. The van der Waals surface area contributed by atoms with Crippen molar-refractivity contribution in [1.29, 1.82) is 0 Å². The number of rotatable bonds is 5. The highest BCUT2D eigenvalue weighted by atomic mass is 32.2. The summed E-state index contributed by atoms with van der Waals surface area (Å²) >= 11 is 1.78. The Morgan fingerprint density at radius 2 is 2.36 bits per heavy atom. The lowest BCUT2D eigenvalue weighted by Gasteiger charge is -2.07. The molecule has 0 aromatic carbocycles. The third-order valence-electron chi connectivity index (χ3n) is 1.28. The van der Waals surface area contributed by atoms with Gasteiger partial charge in [0.1, 0.15) is 6.04 Å². The Bertz CT molecular complexity index is 119. The fourth-order valence-corrected chi connectivity index (χ4v) is 1.33. The van der Waals surface area contributed by atoms with Crippen LogP contribution < -0.4 is 5.73 Å². The number of hydrogen-bond donors (Lipinski definition) is 1. The van der Waals surface area contributed by atoms with Crippen molar-refractivity contribution in [3.05, 3.63) is 0 Å². The molecule has 0 fully saturated rings. The van der Waals surface area contributed by atoms with Gasteiger partial charge in [-0.05, 0) is 17.9 Å². The van der Waals surface area contributed by atoms with Crippen molar-refractivity contribution in [2.45, 2.75) is 19.4 Å². The molecule has 66 valence electrons. The second kappa shape index (κ2) is 6.49. The number of nitrogens with two attached hydrogens (primary N) is 1. The summed E-state index contributed by atoms with van der Waals surface area (Å²) in [7, 11) is 1.36. The Morgan fingerprint density at radius 1 is 1.73 bits per heavy atom. The third-order valence-corrected chi connectivity index (χ3v) is 2.21. The van der Waals surface area contributed by atoms with Crippen LogP contribution in [0.2, 0.25) is 0 Å². The molecule has 0 radical (unpaired) electrons. The molecular weight excluding hydrogens is 162 g/mol. The fourth-order valence-electron chi connectivity index (χ4n) is 0.624. The molecule has 0 rings (SSSR count). The standard InChI is InChI=1S/C7H15NO2S/c1-3-11-5-4-6(8)7(9)10-2/h6H,3-5,8H2,1-2H3. The van der Waals surface area contributed by atoms with Crippen LogP contribution in [0.5, 0.6) is 0 Å². The molecule has 3 nitrogen and oxygen atoms in total. The quantitative estimate of drug-likeness (QED) is 0.494. The summed E-state index contributed by atoms with van der Waals surface area (Å²) in [6.45, 7) is 2.08. The van der Waals surface area contributed by atoms with Gasteiger partial charge in [-0.3, -0.25) is 4.79 Å². The first-order chi connectivity index (χ1) is 5.22. The van der Waals surface area contributed by atoms with Gasteiger partial charge < -0.3 is 10.5 Å². The Labute approximate surface area is 71.7 Å². The van der Waals surface area contributed by atoms with Crippen molar-refractivity contribution in [1.82, 2.24) is 0 Å². The SMILES string of the molecule is CCSCCC(N)C(=O)OC. The molecular formula is C7H15NO2S. The van der Waals surface area contributed by atoms with Gasteiger partial charge in [0.25, 0.3) is 0 Å². The largest absolute Gasteiger partial charge is 0.468 e. The van der Waals surface area contributed by atoms with E-state index in [0.717, 1.165) is 11.5 Å². The van der Waals surface area contributed by atoms with E-state index in [1.54, 1.807) is 11.8 Å². The van der Waals surface area contributed by atoms with Gasteiger partial charge in [0.15, 0.2) is 0 Å². The normalized spacial score (nSPS) is 12.6. The zero-order valence-corrected chi connectivity index (χ0v) is 7.82. The van der Waals surface area contributed by atoms with Gasteiger partial charge in [-0.1, -0.05) is 6.92 Å². The summed E-state index contributed by atoms with van der Waals surface area (Å²) in [5.74, 6) is 1.67. The van der Waals surface area contributed by atoms with Gasteiger partial charge in [0.05, 0.1) is 7.11 Å². The fraction of sp³-hybridized carbons (Fsp3) is 0.857. The molecule has 1 atom stereocenters. The summed E-state index contributed by atoms with van der Waals surface area (Å²) in [5.41, 5.74) is 5.48. The van der Waals surface area contributed by atoms with E-state index in [4.69, 9.17) is 5.73 Å². The number of thioether (sulfide) groups is 1. The summed E-state index contributed by atoms with van der Waals surface area (Å²) in [6, 6.07) is -0.445. The van der Waals surface area contributed by atoms with Crippen LogP contribution in [-0.2, 0) is 9.53 Å². The van der Waals surface area contributed by atoms with Crippen LogP contribution >= 0.6 is 11.8 Å². The number of esters is 1. The van der Waals surface area contributed by atoms with Crippen molar-refractivity contribution in [3.63, 3.8) is 0 Å². The van der Waals surface area contributed by atoms with E-state index < -0.39 is 6.04 Å². The van der Waals surface area contributed by atoms with Gasteiger partial charge in [-0.15, -0.1) is 0 Å². The van der Waals surface area contributed by atoms with Gasteiger partial charge >= 0.3 is 5.97 Å². The Balaban J connectivity index is 3.36. The lowest BCUT2D eigenvalue weighted by Crippen LogP contribution is -2.31. The Hall–Kier alpha value is -0.220. The third kappa shape index (κ3) is 5.09. The van der Waals surface area contributed by atoms with Crippen LogP contribution in [0, 0.1) is 0 Å². The molecule has 0 aliphatic rings. The van der Waals surface area contributed by atoms with Crippen molar-refractivity contribution in [3.8, 4) is 0 Å². The number of hydrogen-bond acceptors (Lipinski definition) is 4. The van der Waals surface area contributed by atoms with Gasteiger partial charge in [0, 0.05) is 0 Å². The van der Waals surface area contributed by atoms with Crippen molar-refractivity contribution in [2.24, 2.45) is 5.73 Å². The molecule has 0 saturated carbocycles. The monoisotopic (exact) mass is 177 g/mol. The van der Waals surface area contributed by atoms with Crippen LogP contribution in [0.15, 0.2) is 0 Å². The molecule has 0 heterocycles. The Morgan fingerprint density at radius 3 is 2.82 bits per heavy atom. The van der Waals surface area contributed by atoms with E-state index in [2.05, 4.69) is 11.7 Å². The summed E-state index contributed by atoms with van der Waals surface area (Å²) in [5, 5.41) is 0. The van der Waals surface area contributed by atoms with Crippen molar-refractivity contribution in [2.75, 3.05) is 18.6 Å². The molecule has 0 amide bonds. The van der Waals surface area contributed by atoms with Crippen LogP contribution in [0.3, 0.4) is 0 Å². The highest BCUT2D eigenvalue weighted by Crippen LogP contribution is 2.03. The topological polar surface area (TPSA) is 52.3 Å². The van der Waals surface area contributed by atoms with Gasteiger partial charge in [0.2, 0.25) is 0 Å². The average Bonchev–Trinajstić information content (AvgIpc) is 2.03. The highest BCUT2D eigenvalue weighted by Gasteiger charge is 2.11. The molecule has 0 aliphatic carbocycles. The summed E-state index contributed by atoms with van der Waals surface area (Å²) in [6.07, 6.45) is 0.700. The van der Waals surface area contributed by atoms with Crippen LogP contribution in [-0.4, -0.2) is 30.6 Å². The lowest BCUT2D eigenvalue weighted by molar-refractivity contribution is -0.142. The van der Waals surface area contributed by atoms with Crippen molar-refractivity contribution >= 4 is 17.7 Å². The molecule has 4 heteroatoms. The Kier molecular flexibility index (Phi) is 6.36. The first-order valence-corrected chi connectivity index (χ1v) is 4.79. The smallest absolute Gasteiger partial charge is 0.322 e. The lowest BCUT2D eigenvalue weighted by atomic mass is 10.2. The predicted molar refractivity (Wildman–Crippen MR) is 47.6 cm³/mol. The number of ether oxygens (including phenoxy) is 1. The maximum Gasteiger partial charge on any atom is 0.322 e. The van der Waals surface area contributed by atoms with E-state index in [1.165, 1.54) is 7.11 Å². The van der Waals surface area contributed by atoms with Crippen LogP contribution in [0.4, 0.5) is 0 Å². The minimum Gasteiger partial charge on any atom is -0.468 e. The van der Waals surface area contributed by atoms with Crippen LogP contribution in [0.25, 0.3) is 0 Å². The molecule has 2 N–H and O–H groups in total. The van der Waals surface area contributed by atoms with E-state index in [0.29, 0.717) is 6.42 Å². The van der Waals surface area contributed by atoms with Gasteiger partial charge in [-0.2, -0.15) is 11.8 Å². The second-order valence-corrected chi connectivity index (χ2v) is 3.51. The average molecular weight is 177 g/mol. The highest BCUT2D eigenvalue weighted by molar-refractivity contribution is 7.99.